The zero-order valence-corrected chi connectivity index (χ0v) is 11.6. The van der Waals surface area contributed by atoms with Crippen LogP contribution in [0.4, 0.5) is 5.82 Å². The number of anilines is 1. The van der Waals surface area contributed by atoms with Crippen LogP contribution in [0, 0.1) is 0 Å². The van der Waals surface area contributed by atoms with E-state index in [9.17, 15) is 4.79 Å². The minimum atomic E-state index is -0.235. The molecule has 1 atom stereocenters. The maximum Gasteiger partial charge on any atom is 0.260 e. The number of hydrogen-bond acceptors (Lipinski definition) is 3. The molecule has 21 heavy (non-hydrogen) atoms. The summed E-state index contributed by atoms with van der Waals surface area (Å²) in [5, 5.41) is 7.13. The molecule has 1 amide bonds. The Hall–Kier alpha value is -2.82. The van der Waals surface area contributed by atoms with Gasteiger partial charge in [-0.05, 0) is 18.6 Å². The molecular weight excluding hydrogens is 266 g/mol. The minimum Gasteiger partial charge on any atom is -0.472 e. The Morgan fingerprint density at radius 2 is 2.05 bits per heavy atom. The lowest BCUT2D eigenvalue weighted by Gasteiger charge is -2.12. The van der Waals surface area contributed by atoms with Crippen molar-refractivity contribution in [2.75, 3.05) is 5.32 Å². The monoisotopic (exact) mass is 281 g/mol. The van der Waals surface area contributed by atoms with Crippen molar-refractivity contribution >= 4 is 11.7 Å². The van der Waals surface area contributed by atoms with Crippen LogP contribution in [0.5, 0.6) is 0 Å². The second-order valence-electron chi connectivity index (χ2n) is 4.73. The summed E-state index contributed by atoms with van der Waals surface area (Å²) < 4.78 is 6.71. The van der Waals surface area contributed by atoms with Crippen molar-refractivity contribution in [3.8, 4) is 0 Å². The van der Waals surface area contributed by atoms with Gasteiger partial charge in [0.15, 0.2) is 5.82 Å². The third-order valence-electron chi connectivity index (χ3n) is 3.31. The van der Waals surface area contributed by atoms with Gasteiger partial charge in [-0.3, -0.25) is 9.48 Å². The number of carbonyl (C=O) groups excluding carboxylic acids is 1. The molecule has 0 saturated heterocycles. The molecule has 0 aliphatic rings. The highest BCUT2D eigenvalue weighted by Crippen LogP contribution is 2.18. The first kappa shape index (κ1) is 13.2. The van der Waals surface area contributed by atoms with Crippen LogP contribution < -0.4 is 5.32 Å². The fraction of sp³-hybridized carbons (Fsp3) is 0.125. The van der Waals surface area contributed by atoms with E-state index in [1.807, 2.05) is 29.1 Å². The molecule has 1 unspecified atom stereocenters. The predicted molar refractivity (Wildman–Crippen MR) is 79.1 cm³/mol. The van der Waals surface area contributed by atoms with E-state index in [4.69, 9.17) is 4.42 Å². The topological polar surface area (TPSA) is 60.1 Å². The van der Waals surface area contributed by atoms with Crippen molar-refractivity contribution in [2.45, 2.75) is 13.0 Å². The zero-order chi connectivity index (χ0) is 14.7. The van der Waals surface area contributed by atoms with Crippen molar-refractivity contribution in [3.05, 3.63) is 72.3 Å². The van der Waals surface area contributed by atoms with Crippen LogP contribution in [0.3, 0.4) is 0 Å². The highest BCUT2D eigenvalue weighted by molar-refractivity contribution is 6.03. The van der Waals surface area contributed by atoms with Gasteiger partial charge in [0, 0.05) is 12.3 Å². The van der Waals surface area contributed by atoms with Gasteiger partial charge in [-0.1, -0.05) is 30.3 Å². The normalized spacial score (nSPS) is 12.0. The molecule has 1 N–H and O–H groups in total. The second kappa shape index (κ2) is 5.66. The number of aromatic nitrogens is 2. The maximum atomic E-state index is 11.9. The minimum absolute atomic E-state index is 0.103. The summed E-state index contributed by atoms with van der Waals surface area (Å²) in [5.41, 5.74) is 1.63. The number of amides is 1. The molecule has 2 aromatic heterocycles. The average molecular weight is 281 g/mol. The first-order valence-electron chi connectivity index (χ1n) is 6.67. The summed E-state index contributed by atoms with van der Waals surface area (Å²) in [6.07, 6.45) is 4.71. The molecule has 0 saturated carbocycles. The summed E-state index contributed by atoms with van der Waals surface area (Å²) in [5.74, 6) is 0.283. The molecule has 3 aromatic rings. The van der Waals surface area contributed by atoms with Gasteiger partial charge in [-0.25, -0.2) is 0 Å². The summed E-state index contributed by atoms with van der Waals surface area (Å²) in [7, 11) is 0. The van der Waals surface area contributed by atoms with Crippen molar-refractivity contribution in [1.82, 2.24) is 9.78 Å². The first-order valence-corrected chi connectivity index (χ1v) is 6.67. The molecule has 0 aliphatic heterocycles. The molecule has 106 valence electrons. The fourth-order valence-electron chi connectivity index (χ4n) is 2.09. The van der Waals surface area contributed by atoms with Crippen molar-refractivity contribution in [1.29, 1.82) is 0 Å². The van der Waals surface area contributed by atoms with E-state index >= 15 is 0 Å². The highest BCUT2D eigenvalue weighted by Gasteiger charge is 2.12. The number of rotatable bonds is 4. The second-order valence-corrected chi connectivity index (χ2v) is 4.73. The van der Waals surface area contributed by atoms with Gasteiger partial charge in [0.25, 0.3) is 5.91 Å². The van der Waals surface area contributed by atoms with E-state index in [0.717, 1.165) is 5.56 Å². The summed E-state index contributed by atoms with van der Waals surface area (Å²) in [6.45, 7) is 2.06. The number of nitrogens with one attached hydrogen (secondary N) is 1. The van der Waals surface area contributed by atoms with Crippen molar-refractivity contribution < 1.29 is 9.21 Å². The van der Waals surface area contributed by atoms with Gasteiger partial charge >= 0.3 is 0 Å². The highest BCUT2D eigenvalue weighted by atomic mass is 16.3. The van der Waals surface area contributed by atoms with Crippen LogP contribution in [0.25, 0.3) is 0 Å². The standard InChI is InChI=1S/C16H15N3O2/c1-12(13-5-3-2-4-6-13)19-9-7-15(18-19)17-16(20)14-8-10-21-11-14/h2-12H,1H3,(H,17,18,20). The van der Waals surface area contributed by atoms with Crippen LogP contribution in [0.15, 0.2) is 65.6 Å². The van der Waals surface area contributed by atoms with Crippen LogP contribution in [-0.4, -0.2) is 15.7 Å². The molecule has 0 spiro atoms. The molecule has 0 aliphatic carbocycles. The number of carbonyl (C=O) groups is 1. The molecular formula is C16H15N3O2. The van der Waals surface area contributed by atoms with Gasteiger partial charge in [-0.15, -0.1) is 0 Å². The number of hydrogen-bond donors (Lipinski definition) is 1. The molecule has 0 fully saturated rings. The van der Waals surface area contributed by atoms with E-state index in [0.29, 0.717) is 11.4 Å². The number of benzene rings is 1. The molecule has 2 heterocycles. The van der Waals surface area contributed by atoms with Crippen LogP contribution in [0.1, 0.15) is 28.9 Å². The van der Waals surface area contributed by atoms with Gasteiger partial charge < -0.3 is 9.73 Å². The summed E-state index contributed by atoms with van der Waals surface area (Å²) in [4.78, 5) is 11.9. The van der Waals surface area contributed by atoms with Crippen LogP contribution in [-0.2, 0) is 0 Å². The molecule has 3 rings (SSSR count). The van der Waals surface area contributed by atoms with E-state index < -0.39 is 0 Å². The Kier molecular flexibility index (Phi) is 3.55. The Balaban J connectivity index is 1.73. The summed E-state index contributed by atoms with van der Waals surface area (Å²) in [6, 6.07) is 13.6. The quantitative estimate of drug-likeness (QED) is 0.798. The number of nitrogens with zero attached hydrogens (tertiary/aromatic N) is 2. The van der Waals surface area contributed by atoms with Gasteiger partial charge in [0.05, 0.1) is 17.9 Å². The van der Waals surface area contributed by atoms with Gasteiger partial charge in [-0.2, -0.15) is 5.10 Å². The molecule has 5 nitrogen and oxygen atoms in total. The Bertz CT molecular complexity index is 717. The van der Waals surface area contributed by atoms with E-state index in [-0.39, 0.29) is 11.9 Å². The van der Waals surface area contributed by atoms with E-state index in [1.54, 1.807) is 12.1 Å². The first-order chi connectivity index (χ1) is 10.2. The summed E-state index contributed by atoms with van der Waals surface area (Å²) >= 11 is 0. The largest absolute Gasteiger partial charge is 0.472 e. The van der Waals surface area contributed by atoms with Crippen LogP contribution >= 0.6 is 0 Å². The third-order valence-corrected chi connectivity index (χ3v) is 3.31. The molecule has 5 heteroatoms. The van der Waals surface area contributed by atoms with Crippen LogP contribution in [0.2, 0.25) is 0 Å². The Labute approximate surface area is 122 Å². The lowest BCUT2D eigenvalue weighted by molar-refractivity contribution is 0.102. The fourth-order valence-corrected chi connectivity index (χ4v) is 2.09. The Morgan fingerprint density at radius 1 is 1.24 bits per heavy atom. The molecule has 1 aromatic carbocycles. The molecule has 0 bridgehead atoms. The predicted octanol–water partition coefficient (Wildman–Crippen LogP) is 3.34. The van der Waals surface area contributed by atoms with E-state index in [1.165, 1.54) is 12.5 Å². The maximum absolute atomic E-state index is 11.9. The van der Waals surface area contributed by atoms with Gasteiger partial charge in [0.1, 0.15) is 6.26 Å². The lowest BCUT2D eigenvalue weighted by Crippen LogP contribution is -2.13. The lowest BCUT2D eigenvalue weighted by atomic mass is 10.1. The Morgan fingerprint density at radius 3 is 2.76 bits per heavy atom. The third kappa shape index (κ3) is 2.86. The smallest absolute Gasteiger partial charge is 0.260 e. The van der Waals surface area contributed by atoms with Gasteiger partial charge in [0.2, 0.25) is 0 Å². The van der Waals surface area contributed by atoms with E-state index in [2.05, 4.69) is 29.5 Å². The average Bonchev–Trinajstić information content (AvgIpc) is 3.19. The van der Waals surface area contributed by atoms with Crippen molar-refractivity contribution in [3.63, 3.8) is 0 Å². The SMILES string of the molecule is CC(c1ccccc1)n1ccc(NC(=O)c2ccoc2)n1. The molecule has 0 radical (unpaired) electrons. The van der Waals surface area contributed by atoms with Crippen molar-refractivity contribution in [2.24, 2.45) is 0 Å². The zero-order valence-electron chi connectivity index (χ0n) is 11.6. The number of furan rings is 1.